The highest BCUT2D eigenvalue weighted by atomic mass is 16.6. The summed E-state index contributed by atoms with van der Waals surface area (Å²) in [5.74, 6) is -1.28. The summed E-state index contributed by atoms with van der Waals surface area (Å²) >= 11 is 0. The van der Waals surface area contributed by atoms with E-state index >= 15 is 0 Å². The van der Waals surface area contributed by atoms with E-state index in [1.807, 2.05) is 121 Å². The van der Waals surface area contributed by atoms with Crippen molar-refractivity contribution in [2.24, 2.45) is 11.5 Å². The third-order valence-electron chi connectivity index (χ3n) is 6.39. The smallest absolute Gasteiger partial charge is 0.419 e. The standard InChI is InChI=1S/C34H36N2O6/c1-33(35,23-29(25-15-7-3-8-16-25)39-27-19-11-5-12-20-27)41-31(37)32(38)42-34(2,36)24-30(26-17-9-4-10-18-26)40-28-21-13-6-14-22-28/h3-22,29-30H,23-24,35-36H2,1-2H3. The molecule has 0 aliphatic carbocycles. The van der Waals surface area contributed by atoms with Crippen molar-refractivity contribution in [2.75, 3.05) is 0 Å². The highest BCUT2D eigenvalue weighted by Crippen LogP contribution is 2.31. The molecular formula is C34H36N2O6. The average Bonchev–Trinajstić information content (AvgIpc) is 2.98. The average molecular weight is 569 g/mol. The topological polar surface area (TPSA) is 123 Å². The van der Waals surface area contributed by atoms with Crippen LogP contribution in [0.2, 0.25) is 0 Å². The molecule has 8 nitrogen and oxygen atoms in total. The highest BCUT2D eigenvalue weighted by Gasteiger charge is 2.37. The Labute approximate surface area is 246 Å². The number of benzene rings is 4. The molecule has 42 heavy (non-hydrogen) atoms. The number of carbonyl (C=O) groups is 2. The van der Waals surface area contributed by atoms with Crippen LogP contribution in [0.1, 0.15) is 50.0 Å². The van der Waals surface area contributed by atoms with Crippen molar-refractivity contribution in [3.8, 4) is 11.5 Å². The second-order valence-electron chi connectivity index (χ2n) is 10.5. The van der Waals surface area contributed by atoms with Gasteiger partial charge in [0, 0.05) is 12.8 Å². The van der Waals surface area contributed by atoms with E-state index in [9.17, 15) is 9.59 Å². The van der Waals surface area contributed by atoms with Gasteiger partial charge in [0.2, 0.25) is 0 Å². The van der Waals surface area contributed by atoms with Gasteiger partial charge in [-0.15, -0.1) is 0 Å². The van der Waals surface area contributed by atoms with Gasteiger partial charge in [0.1, 0.15) is 23.7 Å². The Bertz CT molecular complexity index is 1300. The SMILES string of the molecule is CC(N)(CC(Oc1ccccc1)c1ccccc1)OC(=O)C(=O)OC(C)(N)CC(Oc1ccccc1)c1ccccc1. The Morgan fingerprint density at radius 3 is 1.14 bits per heavy atom. The lowest BCUT2D eigenvalue weighted by molar-refractivity contribution is -0.186. The van der Waals surface area contributed by atoms with Gasteiger partial charge in [-0.2, -0.15) is 0 Å². The van der Waals surface area contributed by atoms with Crippen molar-refractivity contribution in [3.63, 3.8) is 0 Å². The van der Waals surface area contributed by atoms with Gasteiger partial charge in [0.15, 0.2) is 11.4 Å². The maximum absolute atomic E-state index is 12.9. The molecule has 4 N–H and O–H groups in total. The lowest BCUT2D eigenvalue weighted by Gasteiger charge is -2.32. The fraction of sp³-hybridized carbons (Fsp3) is 0.235. The molecule has 0 bridgehead atoms. The molecule has 4 aromatic carbocycles. The lowest BCUT2D eigenvalue weighted by Crippen LogP contribution is -2.48. The van der Waals surface area contributed by atoms with Gasteiger partial charge in [0.05, 0.1) is 0 Å². The molecule has 0 saturated heterocycles. The number of esters is 2. The van der Waals surface area contributed by atoms with Crippen LogP contribution in [0.15, 0.2) is 121 Å². The Morgan fingerprint density at radius 1 is 0.548 bits per heavy atom. The minimum Gasteiger partial charge on any atom is -0.486 e. The molecule has 0 aromatic heterocycles. The number of nitrogens with two attached hydrogens (primary N) is 2. The van der Waals surface area contributed by atoms with Gasteiger partial charge in [-0.25, -0.2) is 9.59 Å². The van der Waals surface area contributed by atoms with Crippen molar-refractivity contribution in [3.05, 3.63) is 132 Å². The van der Waals surface area contributed by atoms with E-state index in [1.54, 1.807) is 0 Å². The van der Waals surface area contributed by atoms with Crippen molar-refractivity contribution in [1.29, 1.82) is 0 Å². The first-order valence-corrected chi connectivity index (χ1v) is 13.7. The van der Waals surface area contributed by atoms with Crippen LogP contribution in [-0.4, -0.2) is 23.4 Å². The van der Waals surface area contributed by atoms with Gasteiger partial charge in [-0.1, -0.05) is 97.1 Å². The van der Waals surface area contributed by atoms with Gasteiger partial charge in [-0.3, -0.25) is 11.5 Å². The summed E-state index contributed by atoms with van der Waals surface area (Å²) < 4.78 is 23.2. The molecule has 8 heteroatoms. The van der Waals surface area contributed by atoms with E-state index in [2.05, 4.69) is 0 Å². The number of ether oxygens (including phenoxy) is 4. The summed E-state index contributed by atoms with van der Waals surface area (Å²) in [5.41, 5.74) is 11.3. The molecule has 0 radical (unpaired) electrons. The predicted octanol–water partition coefficient (Wildman–Crippen LogP) is 5.84. The normalized spacial score (nSPS) is 15.2. The van der Waals surface area contributed by atoms with Crippen molar-refractivity contribution < 1.29 is 28.5 Å². The molecule has 0 amide bonds. The molecule has 0 fully saturated rings. The third kappa shape index (κ3) is 9.19. The molecule has 0 saturated carbocycles. The molecule has 4 aromatic rings. The Balaban J connectivity index is 1.41. The Hall–Kier alpha value is -4.66. The van der Waals surface area contributed by atoms with Crippen LogP contribution in [-0.2, 0) is 19.1 Å². The summed E-state index contributed by atoms with van der Waals surface area (Å²) in [7, 11) is 0. The first-order valence-electron chi connectivity index (χ1n) is 13.7. The minimum absolute atomic E-state index is 0.0613. The van der Waals surface area contributed by atoms with Crippen LogP contribution < -0.4 is 20.9 Å². The second kappa shape index (κ2) is 13.8. The zero-order valence-electron chi connectivity index (χ0n) is 23.7. The van der Waals surface area contributed by atoms with Gasteiger partial charge >= 0.3 is 11.9 Å². The van der Waals surface area contributed by atoms with Crippen LogP contribution in [0.25, 0.3) is 0 Å². The van der Waals surface area contributed by atoms with Gasteiger partial charge in [0.25, 0.3) is 0 Å². The van der Waals surface area contributed by atoms with Crippen LogP contribution >= 0.6 is 0 Å². The fourth-order valence-electron chi connectivity index (χ4n) is 4.44. The van der Waals surface area contributed by atoms with Crippen LogP contribution in [0, 0.1) is 0 Å². The number of para-hydroxylation sites is 2. The summed E-state index contributed by atoms with van der Waals surface area (Å²) in [6.07, 6.45) is -1.000. The monoisotopic (exact) mass is 568 g/mol. The summed E-state index contributed by atoms with van der Waals surface area (Å²) in [6.45, 7) is 3.01. The van der Waals surface area contributed by atoms with E-state index in [4.69, 9.17) is 30.4 Å². The van der Waals surface area contributed by atoms with E-state index in [0.717, 1.165) is 11.1 Å². The molecule has 218 valence electrons. The second-order valence-corrected chi connectivity index (χ2v) is 10.5. The molecule has 0 aliphatic rings. The number of carbonyl (C=O) groups excluding carboxylic acids is 2. The number of rotatable bonds is 12. The van der Waals surface area contributed by atoms with Gasteiger partial charge < -0.3 is 18.9 Å². The Morgan fingerprint density at radius 2 is 0.833 bits per heavy atom. The fourth-order valence-corrected chi connectivity index (χ4v) is 4.44. The highest BCUT2D eigenvalue weighted by molar-refractivity contribution is 6.29. The van der Waals surface area contributed by atoms with E-state index < -0.39 is 35.6 Å². The lowest BCUT2D eigenvalue weighted by atomic mass is 10.0. The maximum atomic E-state index is 12.9. The van der Waals surface area contributed by atoms with Gasteiger partial charge in [-0.05, 0) is 49.2 Å². The quantitative estimate of drug-likeness (QED) is 0.124. The van der Waals surface area contributed by atoms with E-state index in [0.29, 0.717) is 11.5 Å². The molecular weight excluding hydrogens is 532 g/mol. The molecule has 0 aliphatic heterocycles. The van der Waals surface area contributed by atoms with Crippen LogP contribution in [0.3, 0.4) is 0 Å². The zero-order valence-corrected chi connectivity index (χ0v) is 23.7. The molecule has 0 heterocycles. The Kier molecular flexibility index (Phi) is 9.96. The number of hydrogen-bond donors (Lipinski definition) is 2. The van der Waals surface area contributed by atoms with Crippen molar-refractivity contribution in [2.45, 2.75) is 50.3 Å². The third-order valence-corrected chi connectivity index (χ3v) is 6.39. The summed E-state index contributed by atoms with van der Waals surface area (Å²) in [6, 6.07) is 37.3. The predicted molar refractivity (Wildman–Crippen MR) is 159 cm³/mol. The number of hydrogen-bond acceptors (Lipinski definition) is 8. The first-order chi connectivity index (χ1) is 20.1. The van der Waals surface area contributed by atoms with E-state index in [1.165, 1.54) is 13.8 Å². The maximum Gasteiger partial charge on any atom is 0.419 e. The molecule has 4 atom stereocenters. The largest absolute Gasteiger partial charge is 0.486 e. The van der Waals surface area contributed by atoms with Crippen molar-refractivity contribution >= 4 is 11.9 Å². The molecule has 0 spiro atoms. The zero-order chi connectivity index (χ0) is 30.0. The minimum atomic E-state index is -1.57. The summed E-state index contributed by atoms with van der Waals surface area (Å²) in [5, 5.41) is 0. The van der Waals surface area contributed by atoms with E-state index in [-0.39, 0.29) is 12.8 Å². The summed E-state index contributed by atoms with van der Waals surface area (Å²) in [4.78, 5) is 25.7. The van der Waals surface area contributed by atoms with Crippen LogP contribution in [0.5, 0.6) is 11.5 Å². The molecule has 4 unspecified atom stereocenters. The molecule has 4 rings (SSSR count). The van der Waals surface area contributed by atoms with Crippen LogP contribution in [0.4, 0.5) is 0 Å². The van der Waals surface area contributed by atoms with Crippen molar-refractivity contribution in [1.82, 2.24) is 0 Å². The first kappa shape index (κ1) is 30.3.